The van der Waals surface area contributed by atoms with Crippen molar-refractivity contribution in [1.29, 1.82) is 0 Å². The largest absolute Gasteiger partial charge is 1.00 e. The Bertz CT molecular complexity index is 1570. The van der Waals surface area contributed by atoms with Gasteiger partial charge in [0, 0.05) is 0 Å². The monoisotopic (exact) mass is 662 g/mol. The average molecular weight is 665 g/mol. The van der Waals surface area contributed by atoms with Gasteiger partial charge >= 0.3 is 247 Å². The summed E-state index contributed by atoms with van der Waals surface area (Å²) in [6.07, 6.45) is 3.58. The van der Waals surface area contributed by atoms with Crippen LogP contribution in [0.25, 0.3) is 11.1 Å². The van der Waals surface area contributed by atoms with Crippen molar-refractivity contribution in [3.8, 4) is 11.1 Å². The van der Waals surface area contributed by atoms with Gasteiger partial charge in [-0.2, -0.15) is 0 Å². The van der Waals surface area contributed by atoms with Crippen LogP contribution in [0.1, 0.15) is 103 Å². The molecular weight excluding hydrogens is 619 g/mol. The number of halogens is 2. The van der Waals surface area contributed by atoms with Crippen LogP contribution in [0.5, 0.6) is 0 Å². The van der Waals surface area contributed by atoms with Crippen molar-refractivity contribution in [2.45, 2.75) is 93.4 Å². The summed E-state index contributed by atoms with van der Waals surface area (Å²) in [6, 6.07) is 21.8. The molecule has 3 heteroatoms. The van der Waals surface area contributed by atoms with E-state index in [2.05, 4.69) is 137 Å². The van der Waals surface area contributed by atoms with E-state index in [-0.39, 0.29) is 35.6 Å². The van der Waals surface area contributed by atoms with Crippen molar-refractivity contribution in [2.24, 2.45) is 5.92 Å². The maximum Gasteiger partial charge on any atom is -1.00 e. The molecule has 0 saturated heterocycles. The molecule has 0 spiro atoms. The molecule has 0 amide bonds. The quantitative estimate of drug-likeness (QED) is 0.315. The topological polar surface area (TPSA) is 0 Å². The van der Waals surface area contributed by atoms with Crippen molar-refractivity contribution in [1.82, 2.24) is 0 Å². The van der Waals surface area contributed by atoms with Crippen molar-refractivity contribution < 1.29 is 46.1 Å². The minimum atomic E-state index is -2.53. The van der Waals surface area contributed by atoms with Crippen molar-refractivity contribution in [3.05, 3.63) is 108 Å². The molecule has 3 aromatic carbocycles. The first-order chi connectivity index (χ1) is 18.2. The number of benzene rings is 3. The molecule has 0 radical (unpaired) electrons. The van der Waals surface area contributed by atoms with Gasteiger partial charge in [-0.25, -0.2) is 0 Å². The minimum absolute atomic E-state index is 0. The zero-order valence-corrected chi connectivity index (χ0v) is 30.8. The van der Waals surface area contributed by atoms with Crippen LogP contribution < -0.4 is 28.1 Å². The Hall–Kier alpha value is -1.53. The summed E-state index contributed by atoms with van der Waals surface area (Å²) >= 11 is -2.53. The van der Waals surface area contributed by atoms with Crippen molar-refractivity contribution >= 4 is 6.48 Å². The fourth-order valence-electron chi connectivity index (χ4n) is 6.45. The molecule has 0 aliphatic heterocycles. The van der Waals surface area contributed by atoms with E-state index >= 15 is 0 Å². The zero-order chi connectivity index (χ0) is 28.4. The van der Waals surface area contributed by atoms with E-state index in [1.807, 2.05) is 0 Å². The second kappa shape index (κ2) is 12.2. The number of aryl methyl sites for hydroxylation is 1. The summed E-state index contributed by atoms with van der Waals surface area (Å²) in [6.45, 7) is 26.0. The van der Waals surface area contributed by atoms with Crippen molar-refractivity contribution in [2.75, 3.05) is 0 Å². The van der Waals surface area contributed by atoms with Gasteiger partial charge in [0.1, 0.15) is 0 Å². The standard InChI is InChI=1S/C21H25.C9H10.C8H11.2ClH.Zr/c1-20(2,3)16-9-7-14-11-15-8-10-17(21(4,5)6)13-19(15)18(14)12-16;1-3-9-6-4-8(2)5-7-9;1-6-4-7(2)8(3)5-6;;;/h7,9-10,12-13H,11H2,1-6H3;4-7H,1-2H3;4,6H,1-3H3;2*1H;/q;;;;;+2/p-2. The SMILES string of the molecule is CC1=CC(C)[C](/[Zr+2](=[C](\C)c2ccc(C)cc2)[c]2cc(C(C)(C)C)cc3c2Cc2ccc(C(C)(C)C)cc2-3)=C1C.[Cl-].[Cl-]. The molecule has 1 atom stereocenters. The van der Waals surface area contributed by atoms with Crippen LogP contribution in [0, 0.1) is 12.8 Å². The molecule has 3 aromatic rings. The molecule has 0 nitrogen and oxygen atoms in total. The van der Waals surface area contributed by atoms with Crippen LogP contribution in [0.4, 0.5) is 0 Å². The third-order valence-corrected chi connectivity index (χ3v) is 17.4. The Morgan fingerprint density at radius 1 is 0.756 bits per heavy atom. The van der Waals surface area contributed by atoms with E-state index in [1.54, 1.807) is 20.9 Å². The average Bonchev–Trinajstić information content (AvgIpc) is 3.34. The molecule has 0 bridgehead atoms. The second-order valence-electron chi connectivity index (χ2n) is 14.1. The molecule has 2 aliphatic rings. The van der Waals surface area contributed by atoms with Crippen LogP contribution in [0.15, 0.2) is 75.1 Å². The summed E-state index contributed by atoms with van der Waals surface area (Å²) in [5.41, 5.74) is 15.0. The van der Waals surface area contributed by atoms with E-state index in [0.29, 0.717) is 5.92 Å². The first kappa shape index (κ1) is 34.0. The van der Waals surface area contributed by atoms with Crippen molar-refractivity contribution in [3.63, 3.8) is 0 Å². The molecule has 0 N–H and O–H groups in total. The van der Waals surface area contributed by atoms with Gasteiger partial charge in [0.05, 0.1) is 0 Å². The number of hydrogen-bond acceptors (Lipinski definition) is 0. The van der Waals surface area contributed by atoms with Gasteiger partial charge < -0.3 is 24.8 Å². The summed E-state index contributed by atoms with van der Waals surface area (Å²) in [7, 11) is 0. The van der Waals surface area contributed by atoms with E-state index in [9.17, 15) is 0 Å². The first-order valence-electron chi connectivity index (χ1n) is 14.7. The molecule has 216 valence electrons. The van der Waals surface area contributed by atoms with Crippen LogP contribution in [0.3, 0.4) is 0 Å². The van der Waals surface area contributed by atoms with E-state index < -0.39 is 21.3 Å². The number of allylic oxidation sites excluding steroid dienone is 4. The van der Waals surface area contributed by atoms with Gasteiger partial charge in [0.2, 0.25) is 0 Å². The molecular formula is C38H46Cl2Zr. The maximum atomic E-state index is 2.66. The Labute approximate surface area is 269 Å². The number of fused-ring (bicyclic) bond motifs is 3. The normalized spacial score (nSPS) is 16.4. The van der Waals surface area contributed by atoms with E-state index in [0.717, 1.165) is 6.42 Å². The van der Waals surface area contributed by atoms with Gasteiger partial charge in [-0.3, -0.25) is 0 Å². The fraction of sp³-hybridized carbons (Fsp3) is 0.395. The smallest absolute Gasteiger partial charge is 1.00 e. The third-order valence-electron chi connectivity index (χ3n) is 9.10. The molecule has 0 saturated carbocycles. The van der Waals surface area contributed by atoms with Gasteiger partial charge in [-0.05, 0) is 0 Å². The number of rotatable bonds is 3. The van der Waals surface area contributed by atoms with E-state index in [4.69, 9.17) is 0 Å². The Kier molecular flexibility index (Phi) is 10.1. The van der Waals surface area contributed by atoms with Gasteiger partial charge in [0.25, 0.3) is 0 Å². The number of hydrogen-bond donors (Lipinski definition) is 0. The first-order valence-corrected chi connectivity index (χ1v) is 18.3. The zero-order valence-electron chi connectivity index (χ0n) is 26.8. The van der Waals surface area contributed by atoms with Gasteiger partial charge in [-0.15, -0.1) is 0 Å². The minimum Gasteiger partial charge on any atom is -1.00 e. The third kappa shape index (κ3) is 6.39. The maximum absolute atomic E-state index is 2.66. The molecule has 0 fully saturated rings. The summed E-state index contributed by atoms with van der Waals surface area (Å²) < 4.78 is 5.13. The van der Waals surface area contributed by atoms with Crippen LogP contribution in [0.2, 0.25) is 0 Å². The Morgan fingerprint density at radius 3 is 1.88 bits per heavy atom. The van der Waals surface area contributed by atoms with Gasteiger partial charge in [0.15, 0.2) is 0 Å². The molecule has 2 aliphatic carbocycles. The summed E-state index contributed by atoms with van der Waals surface area (Å²) in [5, 5.41) is 0. The van der Waals surface area contributed by atoms with Gasteiger partial charge in [-0.1, -0.05) is 0 Å². The Morgan fingerprint density at radius 2 is 1.34 bits per heavy atom. The molecule has 0 heterocycles. The molecule has 41 heavy (non-hydrogen) atoms. The molecule has 0 aromatic heterocycles. The molecule has 5 rings (SSSR count). The second-order valence-corrected chi connectivity index (χ2v) is 20.5. The summed E-state index contributed by atoms with van der Waals surface area (Å²) in [5.74, 6) is 0.519. The van der Waals surface area contributed by atoms with E-state index in [1.165, 1.54) is 44.5 Å². The predicted molar refractivity (Wildman–Crippen MR) is 168 cm³/mol. The summed E-state index contributed by atoms with van der Waals surface area (Å²) in [4.78, 5) is 0. The molecule has 1 unspecified atom stereocenters. The van der Waals surface area contributed by atoms with Crippen LogP contribution >= 0.6 is 0 Å². The van der Waals surface area contributed by atoms with Crippen LogP contribution in [-0.4, -0.2) is 3.21 Å². The van der Waals surface area contributed by atoms with Crippen LogP contribution in [-0.2, 0) is 38.5 Å². The predicted octanol–water partition coefficient (Wildman–Crippen LogP) is 3.52. The Balaban J connectivity index is 0.00000231. The fourth-order valence-corrected chi connectivity index (χ4v) is 15.0.